The van der Waals surface area contributed by atoms with Crippen molar-refractivity contribution in [3.8, 4) is 5.88 Å². The number of hydrogen-bond acceptors (Lipinski definition) is 8. The molecule has 10 heteroatoms. The van der Waals surface area contributed by atoms with Crippen molar-refractivity contribution in [1.82, 2.24) is 24.9 Å². The first-order chi connectivity index (χ1) is 15.2. The van der Waals surface area contributed by atoms with E-state index >= 15 is 0 Å². The fourth-order valence-corrected chi connectivity index (χ4v) is 3.22. The van der Waals surface area contributed by atoms with Crippen molar-refractivity contribution in [1.29, 1.82) is 0 Å². The van der Waals surface area contributed by atoms with Crippen molar-refractivity contribution >= 4 is 28.9 Å². The van der Waals surface area contributed by atoms with Crippen LogP contribution in [-0.2, 0) is 0 Å². The number of anilines is 3. The fourth-order valence-electron chi connectivity index (χ4n) is 3.22. The highest BCUT2D eigenvalue weighted by atomic mass is 16.5. The van der Waals surface area contributed by atoms with Gasteiger partial charge in [0, 0.05) is 32.5 Å². The van der Waals surface area contributed by atoms with Gasteiger partial charge in [-0.2, -0.15) is 9.61 Å². The zero-order chi connectivity index (χ0) is 21.8. The molecule has 0 aromatic carbocycles. The van der Waals surface area contributed by atoms with E-state index in [0.717, 1.165) is 38.5 Å². The molecule has 2 fully saturated rings. The average molecular weight is 425 g/mol. The molecule has 164 valence electrons. The number of nitrogens with one attached hydrogen (secondary N) is 3. The Kier molecular flexibility index (Phi) is 6.17. The number of aliphatic hydroxyl groups is 1. The van der Waals surface area contributed by atoms with E-state index in [1.54, 1.807) is 24.0 Å². The summed E-state index contributed by atoms with van der Waals surface area (Å²) in [7, 11) is 2.80. The molecule has 0 saturated heterocycles. The highest BCUT2D eigenvalue weighted by Gasteiger charge is 2.26. The van der Waals surface area contributed by atoms with Gasteiger partial charge in [-0.1, -0.05) is 0 Å². The summed E-state index contributed by atoms with van der Waals surface area (Å²) in [6.07, 6.45) is 8.85. The summed E-state index contributed by atoms with van der Waals surface area (Å²) in [5.41, 5.74) is 1.68. The van der Waals surface area contributed by atoms with E-state index in [0.29, 0.717) is 28.7 Å². The molecule has 0 radical (unpaired) electrons. The minimum absolute atomic E-state index is 0.149. The second-order valence-electron chi connectivity index (χ2n) is 7.47. The van der Waals surface area contributed by atoms with Gasteiger partial charge in [0.1, 0.15) is 29.0 Å². The van der Waals surface area contributed by atoms with Crippen LogP contribution in [0.15, 0.2) is 30.6 Å². The largest absolute Gasteiger partial charge is 0.473 e. The van der Waals surface area contributed by atoms with E-state index < -0.39 is 0 Å². The number of aromatic nitrogens is 4. The Labute approximate surface area is 180 Å². The summed E-state index contributed by atoms with van der Waals surface area (Å²) in [5.74, 6) is 1.71. The molecule has 2 saturated carbocycles. The highest BCUT2D eigenvalue weighted by molar-refractivity contribution is 6.00. The molecule has 2 aliphatic carbocycles. The number of amides is 1. The van der Waals surface area contributed by atoms with Gasteiger partial charge in [-0.15, -0.1) is 0 Å². The maximum absolute atomic E-state index is 12.6. The standard InChI is InChI=1S/C20H23N7O2.CH4O/c1-21-17-10-16(25-15-6-3-9-22-20(15)29-13-4-2-5-13)26-18-14(11-23-27(17)18)19(28)24-12-7-8-12;1-2/h3,6,9-13,21H,2,4-5,7-8H2,1H3,(H,24,28)(H,25,26);2H,1H3. The lowest BCUT2D eigenvalue weighted by molar-refractivity contribution is 0.0952. The van der Waals surface area contributed by atoms with Gasteiger partial charge in [0.2, 0.25) is 5.88 Å². The maximum atomic E-state index is 12.6. The van der Waals surface area contributed by atoms with Crippen LogP contribution in [0.3, 0.4) is 0 Å². The zero-order valence-electron chi connectivity index (χ0n) is 17.6. The van der Waals surface area contributed by atoms with E-state index in [1.165, 1.54) is 6.42 Å². The monoisotopic (exact) mass is 425 g/mol. The topological polar surface area (TPSA) is 126 Å². The van der Waals surface area contributed by atoms with Crippen molar-refractivity contribution in [2.75, 3.05) is 24.8 Å². The molecule has 4 N–H and O–H groups in total. The van der Waals surface area contributed by atoms with Crippen LogP contribution in [0.2, 0.25) is 0 Å². The second kappa shape index (κ2) is 9.17. The number of nitrogens with zero attached hydrogens (tertiary/aromatic N) is 4. The summed E-state index contributed by atoms with van der Waals surface area (Å²) in [6.45, 7) is 0. The van der Waals surface area contributed by atoms with Crippen LogP contribution in [-0.4, -0.2) is 56.9 Å². The van der Waals surface area contributed by atoms with Crippen molar-refractivity contribution < 1.29 is 14.6 Å². The predicted octanol–water partition coefficient (Wildman–Crippen LogP) is 2.34. The smallest absolute Gasteiger partial charge is 0.256 e. The first-order valence-corrected chi connectivity index (χ1v) is 10.4. The molecular weight excluding hydrogens is 398 g/mol. The number of ether oxygens (including phenoxy) is 1. The number of carbonyl (C=O) groups is 1. The summed E-state index contributed by atoms with van der Waals surface area (Å²) in [5, 5.41) is 20.7. The Bertz CT molecular complexity index is 1060. The number of fused-ring (bicyclic) bond motifs is 1. The van der Waals surface area contributed by atoms with Gasteiger partial charge in [0.25, 0.3) is 5.91 Å². The molecule has 3 heterocycles. The Hall–Kier alpha value is -3.40. The van der Waals surface area contributed by atoms with Crippen molar-refractivity contribution in [2.45, 2.75) is 44.2 Å². The van der Waals surface area contributed by atoms with Crippen LogP contribution in [0, 0.1) is 0 Å². The third-order valence-corrected chi connectivity index (χ3v) is 5.25. The number of carbonyl (C=O) groups excluding carboxylic acids is 1. The Balaban J connectivity index is 0.00000112. The quantitative estimate of drug-likeness (QED) is 0.454. The minimum atomic E-state index is -0.149. The van der Waals surface area contributed by atoms with E-state index in [1.807, 2.05) is 18.2 Å². The summed E-state index contributed by atoms with van der Waals surface area (Å²) < 4.78 is 7.62. The van der Waals surface area contributed by atoms with Crippen LogP contribution in [0.1, 0.15) is 42.5 Å². The van der Waals surface area contributed by atoms with Crippen LogP contribution in [0.4, 0.5) is 17.3 Å². The Morgan fingerprint density at radius 2 is 2.06 bits per heavy atom. The molecule has 0 atom stereocenters. The molecule has 3 aromatic rings. The Morgan fingerprint density at radius 1 is 1.26 bits per heavy atom. The van der Waals surface area contributed by atoms with Gasteiger partial charge in [0.15, 0.2) is 5.65 Å². The van der Waals surface area contributed by atoms with Crippen LogP contribution < -0.4 is 20.7 Å². The minimum Gasteiger partial charge on any atom is -0.473 e. The van der Waals surface area contributed by atoms with Crippen LogP contribution in [0.5, 0.6) is 5.88 Å². The van der Waals surface area contributed by atoms with Gasteiger partial charge in [0.05, 0.1) is 6.20 Å². The maximum Gasteiger partial charge on any atom is 0.256 e. The molecule has 5 rings (SSSR count). The molecule has 31 heavy (non-hydrogen) atoms. The highest BCUT2D eigenvalue weighted by Crippen LogP contribution is 2.31. The first kappa shape index (κ1) is 20.9. The van der Waals surface area contributed by atoms with Crippen molar-refractivity contribution in [3.05, 3.63) is 36.2 Å². The average Bonchev–Trinajstić information content (AvgIpc) is 3.47. The fraction of sp³-hybridized carbons (Fsp3) is 0.429. The van der Waals surface area contributed by atoms with Gasteiger partial charge in [-0.3, -0.25) is 4.79 Å². The molecule has 0 unspecified atom stereocenters. The molecule has 0 spiro atoms. The van der Waals surface area contributed by atoms with E-state index in [2.05, 4.69) is 31.0 Å². The molecule has 10 nitrogen and oxygen atoms in total. The second-order valence-corrected chi connectivity index (χ2v) is 7.47. The number of aliphatic hydroxyl groups excluding tert-OH is 1. The lowest BCUT2D eigenvalue weighted by atomic mass is 9.96. The zero-order valence-corrected chi connectivity index (χ0v) is 17.6. The summed E-state index contributed by atoms with van der Waals surface area (Å²) >= 11 is 0. The number of rotatable bonds is 7. The van der Waals surface area contributed by atoms with Crippen molar-refractivity contribution in [2.24, 2.45) is 0 Å². The Morgan fingerprint density at radius 3 is 2.74 bits per heavy atom. The van der Waals surface area contributed by atoms with E-state index in [-0.39, 0.29) is 18.1 Å². The van der Waals surface area contributed by atoms with Crippen molar-refractivity contribution in [3.63, 3.8) is 0 Å². The lowest BCUT2D eigenvalue weighted by Crippen LogP contribution is -2.25. The van der Waals surface area contributed by atoms with Gasteiger partial charge < -0.3 is 25.8 Å². The molecular formula is C21H27N7O3. The third-order valence-electron chi connectivity index (χ3n) is 5.25. The lowest BCUT2D eigenvalue weighted by Gasteiger charge is -2.26. The molecule has 2 aliphatic rings. The number of pyridine rings is 1. The van der Waals surface area contributed by atoms with Gasteiger partial charge >= 0.3 is 0 Å². The molecule has 0 bridgehead atoms. The van der Waals surface area contributed by atoms with E-state index in [9.17, 15) is 4.79 Å². The van der Waals surface area contributed by atoms with E-state index in [4.69, 9.17) is 9.84 Å². The number of hydrogen-bond donors (Lipinski definition) is 4. The summed E-state index contributed by atoms with van der Waals surface area (Å²) in [4.78, 5) is 21.6. The third kappa shape index (κ3) is 4.53. The first-order valence-electron chi connectivity index (χ1n) is 10.4. The van der Waals surface area contributed by atoms with Crippen LogP contribution >= 0.6 is 0 Å². The SMILES string of the molecule is CNc1cc(Nc2cccnc2OC2CCC2)nc2c(C(=O)NC3CC3)cnn12.CO. The normalized spacial score (nSPS) is 15.5. The summed E-state index contributed by atoms with van der Waals surface area (Å²) in [6, 6.07) is 5.86. The van der Waals surface area contributed by atoms with Crippen LogP contribution in [0.25, 0.3) is 5.65 Å². The van der Waals surface area contributed by atoms with Gasteiger partial charge in [-0.25, -0.2) is 9.97 Å². The van der Waals surface area contributed by atoms with Gasteiger partial charge in [-0.05, 0) is 44.2 Å². The molecule has 1 amide bonds. The molecule has 3 aromatic heterocycles. The molecule has 0 aliphatic heterocycles. The predicted molar refractivity (Wildman–Crippen MR) is 117 cm³/mol.